The topological polar surface area (TPSA) is 541 Å². The third kappa shape index (κ3) is 25.4. The van der Waals surface area contributed by atoms with Crippen LogP contribution in [0.1, 0.15) is 188 Å². The Hall–Kier alpha value is -10.8. The first-order chi connectivity index (χ1) is 56.4. The van der Waals surface area contributed by atoms with E-state index >= 15 is 4.79 Å². The molecule has 656 valence electrons. The monoisotopic (exact) mass is 1680 g/mol. The first-order valence-electron chi connectivity index (χ1n) is 40.2. The molecule has 35 nitrogen and oxygen atoms in total. The molecule has 7 rings (SSSR count). The third-order valence-electron chi connectivity index (χ3n) is 21.6. The minimum absolute atomic E-state index is 0.00953. The summed E-state index contributed by atoms with van der Waals surface area (Å²) in [6.07, 6.45) is -9.87. The van der Waals surface area contributed by atoms with Crippen molar-refractivity contribution in [1.29, 1.82) is 0 Å². The van der Waals surface area contributed by atoms with E-state index in [-0.39, 0.29) is 104 Å². The second-order valence-electron chi connectivity index (χ2n) is 33.4. The van der Waals surface area contributed by atoms with Crippen molar-refractivity contribution in [2.24, 2.45) is 28.1 Å². The number of ether oxygens (including phenoxy) is 3. The van der Waals surface area contributed by atoms with Gasteiger partial charge >= 0.3 is 0 Å². The van der Waals surface area contributed by atoms with Crippen LogP contribution >= 0.6 is 0 Å². The maximum atomic E-state index is 15.0. The molecule has 14 atom stereocenters. The number of amides is 11. The van der Waals surface area contributed by atoms with Crippen LogP contribution in [-0.2, 0) is 86.3 Å². The molecule has 11 amide bonds. The standard InChI is InChI=1S/C85H117N11O24/c1-14-83(11,80(115)89-36-47(7)99)43-84(12,42-82(9,10)79(114)90-39-63(103)93-56(30-49-22-17-15-18-23-49)77(112)95-54(28-44(2)3)75(110)87-37-61(101)86-35-46(6)98)81(116)91-40-64(104)94-57(31-50-24-19-16-20-25-50)78(113)96-55(29-45(4)5)76(111)88-38-62(102)92-53-32-65(119-48(8)70(53)105)120-59-34-85(117,60(100)41-97)33-52-67(59)74(109)69-68(72(52)107)71(106)51-26-21-27-58(118-13)66(51)73(69)108/h15-27,44-48,53-57,59,65,70,97-99,105,107,109,117H,14,28-43H2,1-13H3,(H,86,101)(H,87,110)(H,88,111)(H,89,115)(H,90,114)(H,91,116)(H,92,102)(H,93,103)(H,94,104)(H,95,112)(H,96,113). The van der Waals surface area contributed by atoms with E-state index in [9.17, 15) is 98.1 Å². The van der Waals surface area contributed by atoms with Crippen molar-refractivity contribution in [3.63, 3.8) is 0 Å². The van der Waals surface area contributed by atoms with E-state index in [4.69, 9.17) is 14.2 Å². The second-order valence-corrected chi connectivity index (χ2v) is 33.4. The molecule has 14 unspecified atom stereocenters. The smallest absolute Gasteiger partial charge is 0.243 e. The van der Waals surface area contributed by atoms with Crippen LogP contribution in [0.2, 0.25) is 0 Å². The first-order valence-corrected chi connectivity index (χ1v) is 40.2. The SMILES string of the molecule is CCC(C)(CC(C)(CC(C)(C)C(=O)NCC(=O)NC(Cc1ccccc1)C(=O)NC(CC(C)C)C(=O)NCC(=O)NCC(C)O)C(=O)NCC(=O)NC(Cc1ccccc1)C(=O)NC(CC(C)C)C(=O)NCC(=O)NC1CC(OC2CC(O)(C(=O)CO)Cc3c(O)c4c(c(O)c32)C(=O)c2c(OC)cccc2C4=O)OC(C)C1O)C(=O)NCC(C)O. The molecule has 120 heavy (non-hydrogen) atoms. The van der Waals surface area contributed by atoms with E-state index in [1.165, 1.54) is 66.9 Å². The molecule has 1 aliphatic heterocycles. The molecule has 0 bridgehead atoms. The summed E-state index contributed by atoms with van der Waals surface area (Å²) in [5.41, 5.74) is -8.23. The van der Waals surface area contributed by atoms with Gasteiger partial charge in [-0.3, -0.25) is 67.1 Å². The number of aromatic hydroxyl groups is 2. The fourth-order valence-corrected chi connectivity index (χ4v) is 15.3. The summed E-state index contributed by atoms with van der Waals surface area (Å²) in [4.78, 5) is 196. The number of aliphatic hydroxyl groups excluding tert-OH is 4. The molecule has 4 aromatic carbocycles. The second kappa shape index (κ2) is 42.4. The van der Waals surface area contributed by atoms with Crippen LogP contribution < -0.4 is 63.2 Å². The number of Topliss-reactive ketones (excluding diaryl/α,β-unsaturated/α-hetero) is 1. The van der Waals surface area contributed by atoms with Crippen molar-refractivity contribution in [1.82, 2.24) is 58.5 Å². The molecule has 0 saturated carbocycles. The Morgan fingerprint density at radius 3 is 1.56 bits per heavy atom. The van der Waals surface area contributed by atoms with E-state index < -0.39 is 239 Å². The van der Waals surface area contributed by atoms with E-state index in [1.54, 1.807) is 88.4 Å². The fraction of sp³-hybridized carbons (Fsp3) is 0.553. The molecule has 3 aliphatic rings. The predicted molar refractivity (Wildman–Crippen MR) is 434 cm³/mol. The molecule has 0 spiro atoms. The minimum atomic E-state index is -2.49. The summed E-state index contributed by atoms with van der Waals surface area (Å²) in [6, 6.07) is 14.8. The summed E-state index contributed by atoms with van der Waals surface area (Å²) >= 11 is 0. The Bertz CT molecular complexity index is 4410. The maximum Gasteiger partial charge on any atom is 0.243 e. The van der Waals surface area contributed by atoms with Crippen LogP contribution in [0.4, 0.5) is 0 Å². The van der Waals surface area contributed by atoms with Gasteiger partial charge in [0.25, 0.3) is 0 Å². The largest absolute Gasteiger partial charge is 0.507 e. The van der Waals surface area contributed by atoms with Gasteiger partial charge in [0.1, 0.15) is 59.7 Å². The lowest BCUT2D eigenvalue weighted by Gasteiger charge is -2.43. The number of carbonyl (C=O) groups excluding carboxylic acids is 14. The molecule has 0 aromatic heterocycles. The van der Waals surface area contributed by atoms with E-state index in [2.05, 4.69) is 58.5 Å². The zero-order valence-corrected chi connectivity index (χ0v) is 70.1. The van der Waals surface area contributed by atoms with E-state index in [1.807, 2.05) is 13.8 Å². The van der Waals surface area contributed by atoms with Crippen LogP contribution in [0.15, 0.2) is 78.9 Å². The van der Waals surface area contributed by atoms with E-state index in [0.717, 1.165) is 0 Å². The summed E-state index contributed by atoms with van der Waals surface area (Å²) in [5, 5.41) is 106. The lowest BCUT2D eigenvalue weighted by atomic mass is 9.64. The van der Waals surface area contributed by atoms with Crippen molar-refractivity contribution in [3.8, 4) is 17.2 Å². The molecule has 1 saturated heterocycles. The predicted octanol–water partition coefficient (Wildman–Crippen LogP) is 0.363. The van der Waals surface area contributed by atoms with Gasteiger partial charge in [-0.05, 0) is 81.9 Å². The van der Waals surface area contributed by atoms with Crippen LogP contribution in [-0.4, -0.2) is 238 Å². The maximum absolute atomic E-state index is 15.0. The quantitative estimate of drug-likeness (QED) is 0.0235. The molecule has 2 aliphatic carbocycles. The zero-order valence-electron chi connectivity index (χ0n) is 70.1. The number of rotatable bonds is 42. The van der Waals surface area contributed by atoms with Crippen LogP contribution in [0, 0.1) is 28.1 Å². The Morgan fingerprint density at radius 2 is 1.06 bits per heavy atom. The van der Waals surface area contributed by atoms with Gasteiger partial charge in [-0.1, -0.05) is 135 Å². The summed E-state index contributed by atoms with van der Waals surface area (Å²) < 4.78 is 17.7. The van der Waals surface area contributed by atoms with Crippen molar-refractivity contribution in [3.05, 3.63) is 123 Å². The molecule has 1 fully saturated rings. The minimum Gasteiger partial charge on any atom is -0.507 e. The lowest BCUT2D eigenvalue weighted by molar-refractivity contribution is -0.249. The third-order valence-corrected chi connectivity index (χ3v) is 21.6. The van der Waals surface area contributed by atoms with Crippen molar-refractivity contribution >= 4 is 82.3 Å². The number of phenolic OH excluding ortho intramolecular Hbond substituents is 2. The van der Waals surface area contributed by atoms with Crippen molar-refractivity contribution in [2.45, 2.75) is 220 Å². The Morgan fingerprint density at radius 1 is 0.567 bits per heavy atom. The molecule has 0 radical (unpaired) electrons. The van der Waals surface area contributed by atoms with Gasteiger partial charge in [0, 0.05) is 78.1 Å². The van der Waals surface area contributed by atoms with Gasteiger partial charge in [-0.2, -0.15) is 0 Å². The van der Waals surface area contributed by atoms with E-state index in [0.29, 0.717) is 11.1 Å². The van der Waals surface area contributed by atoms with Crippen LogP contribution in [0.25, 0.3) is 0 Å². The number of phenols is 2. The summed E-state index contributed by atoms with van der Waals surface area (Å²) in [6.45, 7) is 15.3. The van der Waals surface area contributed by atoms with Crippen molar-refractivity contribution in [2.75, 3.05) is 53.0 Å². The average Bonchev–Trinajstić information content (AvgIpc) is 0.709. The molecule has 35 heteroatoms. The van der Waals surface area contributed by atoms with Gasteiger partial charge in [0.05, 0.1) is 80.4 Å². The van der Waals surface area contributed by atoms with Gasteiger partial charge in [-0.15, -0.1) is 0 Å². The molecular formula is C85H117N11O24. The highest BCUT2D eigenvalue weighted by molar-refractivity contribution is 6.31. The normalized spacial score (nSPS) is 20.0. The van der Waals surface area contributed by atoms with Gasteiger partial charge < -0.3 is 108 Å². The number of hydrogen-bond donors (Lipinski definition) is 18. The number of aliphatic hydroxyl groups is 5. The molecule has 18 N–H and O–H groups in total. The first kappa shape index (κ1) is 96.3. The average molecular weight is 1680 g/mol. The Kier molecular flexibility index (Phi) is 34.0. The van der Waals surface area contributed by atoms with Gasteiger partial charge in [-0.25, -0.2) is 0 Å². The van der Waals surface area contributed by atoms with Gasteiger partial charge in [0.15, 0.2) is 17.9 Å². The summed E-state index contributed by atoms with van der Waals surface area (Å²) in [5.74, 6) is -13.5. The molecule has 1 heterocycles. The zero-order chi connectivity index (χ0) is 89.1. The lowest BCUT2D eigenvalue weighted by Crippen LogP contribution is -2.58. The number of benzene rings is 4. The Balaban J connectivity index is 1.03. The highest BCUT2D eigenvalue weighted by Gasteiger charge is 2.52. The molecule has 4 aromatic rings. The van der Waals surface area contributed by atoms with Gasteiger partial charge in [0.2, 0.25) is 70.8 Å². The summed E-state index contributed by atoms with van der Waals surface area (Å²) in [7, 11) is 1.26. The highest BCUT2D eigenvalue weighted by atomic mass is 16.7. The number of carbonyl (C=O) groups is 14. The van der Waals surface area contributed by atoms with Crippen LogP contribution in [0.5, 0.6) is 17.2 Å². The molecular weight excluding hydrogens is 1560 g/mol. The highest BCUT2D eigenvalue weighted by Crippen LogP contribution is 2.53. The number of nitrogens with one attached hydrogen (secondary N) is 11. The van der Waals surface area contributed by atoms with Crippen molar-refractivity contribution < 1.29 is 117 Å². The Labute approximate surface area is 696 Å². The number of ketones is 3. The number of hydrogen-bond acceptors (Lipinski definition) is 24. The fourth-order valence-electron chi connectivity index (χ4n) is 15.3. The number of fused-ring (bicyclic) bond motifs is 3. The van der Waals surface area contributed by atoms with Crippen LogP contribution in [0.3, 0.4) is 0 Å². The number of methoxy groups -OCH3 is 1.